The Labute approximate surface area is 121 Å². The number of fused-ring (bicyclic) bond motifs is 1. The Balaban J connectivity index is 2.35. The number of ether oxygens (including phenoxy) is 2. The standard InChI is InChI=1S/C17H26O3/c1-5-7-19-15-9-13-11(3)12(4)17(18)14(13)10-16(15)20-8-6-2/h9-12,17-18H,5-8H2,1-4H3. The van der Waals surface area contributed by atoms with Gasteiger partial charge in [-0.05, 0) is 47.9 Å². The van der Waals surface area contributed by atoms with E-state index in [4.69, 9.17) is 9.47 Å². The topological polar surface area (TPSA) is 38.7 Å². The average Bonchev–Trinajstić information content (AvgIpc) is 2.67. The summed E-state index contributed by atoms with van der Waals surface area (Å²) in [7, 11) is 0. The minimum atomic E-state index is -0.399. The molecule has 3 atom stereocenters. The van der Waals surface area contributed by atoms with Crippen LogP contribution in [0.5, 0.6) is 11.5 Å². The van der Waals surface area contributed by atoms with E-state index in [1.807, 2.05) is 6.07 Å². The van der Waals surface area contributed by atoms with Gasteiger partial charge in [-0.2, -0.15) is 0 Å². The lowest BCUT2D eigenvalue weighted by Gasteiger charge is -2.15. The van der Waals surface area contributed by atoms with Gasteiger partial charge >= 0.3 is 0 Å². The lowest BCUT2D eigenvalue weighted by atomic mass is 9.96. The first kappa shape index (κ1) is 15.2. The highest BCUT2D eigenvalue weighted by Gasteiger charge is 2.35. The van der Waals surface area contributed by atoms with Gasteiger partial charge in [0.05, 0.1) is 19.3 Å². The van der Waals surface area contributed by atoms with E-state index in [0.717, 1.165) is 29.9 Å². The van der Waals surface area contributed by atoms with Gasteiger partial charge < -0.3 is 14.6 Å². The molecule has 0 saturated carbocycles. The summed E-state index contributed by atoms with van der Waals surface area (Å²) in [4.78, 5) is 0. The summed E-state index contributed by atoms with van der Waals surface area (Å²) in [6.45, 7) is 9.79. The monoisotopic (exact) mass is 278 g/mol. The van der Waals surface area contributed by atoms with Gasteiger partial charge in [0, 0.05) is 0 Å². The molecule has 0 amide bonds. The van der Waals surface area contributed by atoms with Crippen molar-refractivity contribution >= 4 is 0 Å². The Morgan fingerprint density at radius 2 is 1.45 bits per heavy atom. The van der Waals surface area contributed by atoms with Gasteiger partial charge in [-0.3, -0.25) is 0 Å². The summed E-state index contributed by atoms with van der Waals surface area (Å²) >= 11 is 0. The molecule has 0 aliphatic heterocycles. The van der Waals surface area contributed by atoms with Gasteiger partial charge in [-0.25, -0.2) is 0 Å². The second-order valence-corrected chi connectivity index (χ2v) is 5.72. The van der Waals surface area contributed by atoms with Crippen molar-refractivity contribution in [2.24, 2.45) is 5.92 Å². The van der Waals surface area contributed by atoms with Gasteiger partial charge in [0.1, 0.15) is 0 Å². The highest BCUT2D eigenvalue weighted by molar-refractivity contribution is 5.51. The Kier molecular flexibility index (Phi) is 4.92. The minimum absolute atomic E-state index is 0.241. The molecule has 2 rings (SSSR count). The summed E-state index contributed by atoms with van der Waals surface area (Å²) in [5.74, 6) is 2.17. The third kappa shape index (κ3) is 2.78. The maximum atomic E-state index is 10.3. The van der Waals surface area contributed by atoms with Crippen LogP contribution in [0.2, 0.25) is 0 Å². The van der Waals surface area contributed by atoms with Crippen molar-refractivity contribution in [1.29, 1.82) is 0 Å². The molecule has 3 heteroatoms. The first-order valence-corrected chi connectivity index (χ1v) is 7.71. The lowest BCUT2D eigenvalue weighted by Crippen LogP contribution is -2.04. The molecule has 1 aliphatic carbocycles. The van der Waals surface area contributed by atoms with E-state index in [2.05, 4.69) is 33.8 Å². The summed E-state index contributed by atoms with van der Waals surface area (Å²) < 4.78 is 11.6. The predicted octanol–water partition coefficient (Wildman–Crippen LogP) is 4.05. The molecule has 0 fully saturated rings. The molecule has 1 N–H and O–H groups in total. The van der Waals surface area contributed by atoms with E-state index in [0.29, 0.717) is 19.1 Å². The van der Waals surface area contributed by atoms with Crippen LogP contribution in [0.25, 0.3) is 0 Å². The number of aliphatic hydroxyl groups excluding tert-OH is 1. The molecular formula is C17H26O3. The lowest BCUT2D eigenvalue weighted by molar-refractivity contribution is 0.123. The molecule has 0 bridgehead atoms. The maximum Gasteiger partial charge on any atom is 0.161 e. The number of benzene rings is 1. The second-order valence-electron chi connectivity index (χ2n) is 5.72. The Morgan fingerprint density at radius 1 is 0.950 bits per heavy atom. The largest absolute Gasteiger partial charge is 0.490 e. The van der Waals surface area contributed by atoms with E-state index in [-0.39, 0.29) is 5.92 Å². The Morgan fingerprint density at radius 3 is 1.95 bits per heavy atom. The number of hydrogen-bond donors (Lipinski definition) is 1. The highest BCUT2D eigenvalue weighted by Crippen LogP contribution is 2.48. The van der Waals surface area contributed by atoms with Crippen molar-refractivity contribution in [2.75, 3.05) is 13.2 Å². The first-order chi connectivity index (χ1) is 9.60. The van der Waals surface area contributed by atoms with Crippen LogP contribution in [0.3, 0.4) is 0 Å². The van der Waals surface area contributed by atoms with Gasteiger partial charge in [-0.15, -0.1) is 0 Å². The molecule has 112 valence electrons. The number of aliphatic hydroxyl groups is 1. The van der Waals surface area contributed by atoms with Crippen molar-refractivity contribution in [2.45, 2.75) is 52.6 Å². The molecule has 1 aromatic rings. The smallest absolute Gasteiger partial charge is 0.161 e. The summed E-state index contributed by atoms with van der Waals surface area (Å²) in [6.07, 6.45) is 1.53. The predicted molar refractivity (Wildman–Crippen MR) is 80.6 cm³/mol. The van der Waals surface area contributed by atoms with Crippen LogP contribution in [0.1, 0.15) is 63.7 Å². The number of rotatable bonds is 6. The van der Waals surface area contributed by atoms with Gasteiger partial charge in [0.2, 0.25) is 0 Å². The fraction of sp³-hybridized carbons (Fsp3) is 0.647. The van der Waals surface area contributed by atoms with Crippen LogP contribution in [-0.4, -0.2) is 18.3 Å². The Hall–Kier alpha value is -1.22. The van der Waals surface area contributed by atoms with E-state index in [1.165, 1.54) is 5.56 Å². The van der Waals surface area contributed by atoms with Crippen molar-refractivity contribution in [3.63, 3.8) is 0 Å². The van der Waals surface area contributed by atoms with Gasteiger partial charge in [-0.1, -0.05) is 27.7 Å². The second kappa shape index (κ2) is 6.49. The third-order valence-electron chi connectivity index (χ3n) is 4.17. The van der Waals surface area contributed by atoms with Crippen LogP contribution < -0.4 is 9.47 Å². The summed E-state index contributed by atoms with van der Waals surface area (Å²) in [5.41, 5.74) is 2.19. The van der Waals surface area contributed by atoms with Crippen LogP contribution in [-0.2, 0) is 0 Å². The fourth-order valence-corrected chi connectivity index (χ4v) is 2.73. The molecule has 0 aromatic heterocycles. The van der Waals surface area contributed by atoms with Gasteiger partial charge in [0.25, 0.3) is 0 Å². The SMILES string of the molecule is CCCOc1cc2c(cc1OCCC)C(O)C(C)C2C. The van der Waals surface area contributed by atoms with E-state index >= 15 is 0 Å². The van der Waals surface area contributed by atoms with Crippen molar-refractivity contribution in [3.05, 3.63) is 23.3 Å². The van der Waals surface area contributed by atoms with Crippen LogP contribution in [0, 0.1) is 5.92 Å². The molecule has 0 saturated heterocycles. The van der Waals surface area contributed by atoms with Crippen LogP contribution >= 0.6 is 0 Å². The molecule has 3 nitrogen and oxygen atoms in total. The zero-order valence-corrected chi connectivity index (χ0v) is 13.0. The molecule has 0 heterocycles. The molecule has 0 spiro atoms. The van der Waals surface area contributed by atoms with Crippen molar-refractivity contribution in [3.8, 4) is 11.5 Å². The highest BCUT2D eigenvalue weighted by atomic mass is 16.5. The third-order valence-corrected chi connectivity index (χ3v) is 4.17. The quantitative estimate of drug-likeness (QED) is 0.853. The maximum absolute atomic E-state index is 10.3. The zero-order valence-electron chi connectivity index (χ0n) is 13.0. The Bertz CT molecular complexity index is 415. The molecule has 0 radical (unpaired) electrons. The van der Waals surface area contributed by atoms with E-state index in [1.54, 1.807) is 0 Å². The van der Waals surface area contributed by atoms with Crippen molar-refractivity contribution < 1.29 is 14.6 Å². The summed E-state index contributed by atoms with van der Waals surface area (Å²) in [6, 6.07) is 4.04. The average molecular weight is 278 g/mol. The molecule has 20 heavy (non-hydrogen) atoms. The fourth-order valence-electron chi connectivity index (χ4n) is 2.73. The van der Waals surface area contributed by atoms with E-state index in [9.17, 15) is 5.11 Å². The zero-order chi connectivity index (χ0) is 14.7. The molecule has 1 aromatic carbocycles. The van der Waals surface area contributed by atoms with Crippen LogP contribution in [0.15, 0.2) is 12.1 Å². The molecular weight excluding hydrogens is 252 g/mol. The number of hydrogen-bond acceptors (Lipinski definition) is 3. The first-order valence-electron chi connectivity index (χ1n) is 7.71. The summed E-state index contributed by atoms with van der Waals surface area (Å²) in [5, 5.41) is 10.3. The van der Waals surface area contributed by atoms with Gasteiger partial charge in [0.15, 0.2) is 11.5 Å². The molecule has 1 aliphatic rings. The van der Waals surface area contributed by atoms with E-state index < -0.39 is 6.10 Å². The van der Waals surface area contributed by atoms with Crippen LogP contribution in [0.4, 0.5) is 0 Å². The normalized spacial score (nSPS) is 24.6. The van der Waals surface area contributed by atoms with Crippen molar-refractivity contribution in [1.82, 2.24) is 0 Å². The molecule has 3 unspecified atom stereocenters. The minimum Gasteiger partial charge on any atom is -0.490 e.